The highest BCUT2D eigenvalue weighted by Crippen LogP contribution is 2.31. The molecule has 0 radical (unpaired) electrons. The Morgan fingerprint density at radius 3 is 2.59 bits per heavy atom. The van der Waals surface area contributed by atoms with Gasteiger partial charge >= 0.3 is 0 Å². The Hall–Kier alpha value is -0.430. The molecule has 1 fully saturated rings. The van der Waals surface area contributed by atoms with Crippen molar-refractivity contribution >= 4 is 28.4 Å². The Labute approximate surface area is 115 Å². The first kappa shape index (κ1) is 13.0. The summed E-state index contributed by atoms with van der Waals surface area (Å²) < 4.78 is 6.35. The lowest BCUT2D eigenvalue weighted by atomic mass is 9.91. The molecule has 0 saturated carbocycles. The third-order valence-corrected chi connectivity index (χ3v) is 3.96. The number of nitrogens with two attached hydrogens (primary N) is 1. The molecule has 1 aliphatic heterocycles. The highest BCUT2D eigenvalue weighted by molar-refractivity contribution is 14.1. The van der Waals surface area contributed by atoms with E-state index in [-0.39, 0.29) is 5.41 Å². The molecule has 1 aromatic rings. The van der Waals surface area contributed by atoms with E-state index in [0.29, 0.717) is 18.3 Å². The molecule has 1 saturated heterocycles. The summed E-state index contributed by atoms with van der Waals surface area (Å²) in [4.78, 5) is 9.12. The van der Waals surface area contributed by atoms with E-state index in [1.807, 2.05) is 0 Å². The summed E-state index contributed by atoms with van der Waals surface area (Å²) in [6, 6.07) is 0. The largest absolute Gasteiger partial charge is 0.383 e. The summed E-state index contributed by atoms with van der Waals surface area (Å²) in [5.41, 5.74) is 7.01. The molecule has 2 rings (SSSR count). The predicted molar refractivity (Wildman–Crippen MR) is 76.0 cm³/mol. The maximum absolute atomic E-state index is 5.99. The van der Waals surface area contributed by atoms with Crippen molar-refractivity contribution in [3.8, 4) is 0 Å². The normalized spacial score (nSPS) is 20.8. The minimum Gasteiger partial charge on any atom is -0.383 e. The summed E-state index contributed by atoms with van der Waals surface area (Å²) in [5.74, 6) is 1.73. The van der Waals surface area contributed by atoms with Crippen molar-refractivity contribution < 1.29 is 4.74 Å². The first-order valence-electron chi connectivity index (χ1n) is 5.80. The van der Waals surface area contributed by atoms with Gasteiger partial charge in [-0.2, -0.15) is 0 Å². The van der Waals surface area contributed by atoms with E-state index in [1.54, 1.807) is 0 Å². The van der Waals surface area contributed by atoms with Gasteiger partial charge in [-0.25, -0.2) is 9.97 Å². The first-order valence-corrected chi connectivity index (χ1v) is 6.88. The molecular weight excluding hydrogens is 329 g/mol. The van der Waals surface area contributed by atoms with Crippen LogP contribution in [0.15, 0.2) is 0 Å². The van der Waals surface area contributed by atoms with Crippen molar-refractivity contribution in [1.82, 2.24) is 9.97 Å². The molecule has 1 unspecified atom stereocenters. The van der Waals surface area contributed by atoms with Crippen LogP contribution in [-0.2, 0) is 10.2 Å². The van der Waals surface area contributed by atoms with Crippen molar-refractivity contribution in [3.05, 3.63) is 15.1 Å². The molecule has 0 aromatic carbocycles. The number of halogens is 1. The van der Waals surface area contributed by atoms with Crippen molar-refractivity contribution in [2.24, 2.45) is 0 Å². The van der Waals surface area contributed by atoms with Crippen LogP contribution in [0.2, 0.25) is 0 Å². The van der Waals surface area contributed by atoms with Gasteiger partial charge in [-0.15, -0.1) is 0 Å². The van der Waals surface area contributed by atoms with Crippen LogP contribution < -0.4 is 5.73 Å². The number of hydrogen-bond acceptors (Lipinski definition) is 4. The topological polar surface area (TPSA) is 61.0 Å². The summed E-state index contributed by atoms with van der Waals surface area (Å²) in [6.45, 7) is 7.94. The van der Waals surface area contributed by atoms with Gasteiger partial charge in [-0.05, 0) is 29.0 Å². The number of ether oxygens (including phenoxy) is 1. The van der Waals surface area contributed by atoms with E-state index in [1.165, 1.54) is 0 Å². The molecule has 1 atom stereocenters. The number of nitrogen functional groups attached to an aromatic ring is 1. The maximum atomic E-state index is 5.99. The van der Waals surface area contributed by atoms with E-state index < -0.39 is 0 Å². The molecule has 4 nitrogen and oxygen atoms in total. The van der Waals surface area contributed by atoms with Crippen LogP contribution in [0.4, 0.5) is 5.82 Å². The van der Waals surface area contributed by atoms with Gasteiger partial charge in [0.25, 0.3) is 0 Å². The summed E-state index contributed by atoms with van der Waals surface area (Å²) in [6.07, 6.45) is 0.990. The Balaban J connectivity index is 2.45. The fourth-order valence-electron chi connectivity index (χ4n) is 1.90. The quantitative estimate of drug-likeness (QED) is 0.793. The molecule has 0 amide bonds. The van der Waals surface area contributed by atoms with E-state index in [2.05, 4.69) is 48.3 Å². The molecule has 2 N–H and O–H groups in total. The third kappa shape index (κ3) is 2.70. The Kier molecular flexibility index (Phi) is 3.58. The standard InChI is InChI=1S/C12H18IN3O/c1-12(2,3)9-8(13)10(14)16-11(15-9)7-4-5-17-6-7/h7H,4-6H2,1-3H3,(H2,14,15,16). The van der Waals surface area contributed by atoms with Gasteiger partial charge in [0.15, 0.2) is 0 Å². The molecule has 0 aliphatic carbocycles. The molecule has 1 aromatic heterocycles. The van der Waals surface area contributed by atoms with Gasteiger partial charge in [-0.3, -0.25) is 0 Å². The van der Waals surface area contributed by atoms with Crippen LogP contribution in [0.25, 0.3) is 0 Å². The monoisotopic (exact) mass is 347 g/mol. The molecular formula is C12H18IN3O. The molecule has 94 valence electrons. The Bertz CT molecular complexity index is 422. The van der Waals surface area contributed by atoms with Crippen LogP contribution in [-0.4, -0.2) is 23.2 Å². The highest BCUT2D eigenvalue weighted by atomic mass is 127. The highest BCUT2D eigenvalue weighted by Gasteiger charge is 2.26. The van der Waals surface area contributed by atoms with Crippen LogP contribution in [0.3, 0.4) is 0 Å². The number of hydrogen-bond donors (Lipinski definition) is 1. The lowest BCUT2D eigenvalue weighted by Crippen LogP contribution is -2.20. The van der Waals surface area contributed by atoms with Gasteiger partial charge in [0.2, 0.25) is 0 Å². The lowest BCUT2D eigenvalue weighted by molar-refractivity contribution is 0.193. The smallest absolute Gasteiger partial charge is 0.140 e. The average Bonchev–Trinajstić information content (AvgIpc) is 2.73. The third-order valence-electron chi connectivity index (χ3n) is 2.90. The minimum absolute atomic E-state index is 0.0121. The second kappa shape index (κ2) is 4.68. The number of aromatic nitrogens is 2. The molecule has 1 aliphatic rings. The van der Waals surface area contributed by atoms with E-state index in [4.69, 9.17) is 15.5 Å². The summed E-state index contributed by atoms with van der Waals surface area (Å²) in [7, 11) is 0. The number of anilines is 1. The van der Waals surface area contributed by atoms with Crippen molar-refractivity contribution in [1.29, 1.82) is 0 Å². The average molecular weight is 347 g/mol. The Morgan fingerprint density at radius 1 is 1.35 bits per heavy atom. The van der Waals surface area contributed by atoms with Gasteiger partial charge in [0.05, 0.1) is 15.9 Å². The molecule has 5 heteroatoms. The molecule has 17 heavy (non-hydrogen) atoms. The van der Waals surface area contributed by atoms with E-state index in [0.717, 1.165) is 28.1 Å². The fraction of sp³-hybridized carbons (Fsp3) is 0.667. The molecule has 0 spiro atoms. The maximum Gasteiger partial charge on any atom is 0.140 e. The zero-order chi connectivity index (χ0) is 12.6. The SMILES string of the molecule is CC(C)(C)c1nc(C2CCOC2)nc(N)c1I. The first-order chi connectivity index (χ1) is 7.89. The zero-order valence-electron chi connectivity index (χ0n) is 10.5. The van der Waals surface area contributed by atoms with Gasteiger partial charge < -0.3 is 10.5 Å². The molecule has 2 heterocycles. The summed E-state index contributed by atoms with van der Waals surface area (Å²) in [5, 5.41) is 0. The second-order valence-electron chi connectivity index (χ2n) is 5.44. The van der Waals surface area contributed by atoms with Crippen LogP contribution in [0.5, 0.6) is 0 Å². The van der Waals surface area contributed by atoms with Crippen molar-refractivity contribution in [3.63, 3.8) is 0 Å². The van der Waals surface area contributed by atoms with Crippen LogP contribution in [0, 0.1) is 3.57 Å². The van der Waals surface area contributed by atoms with Crippen molar-refractivity contribution in [2.75, 3.05) is 18.9 Å². The number of rotatable bonds is 1. The van der Waals surface area contributed by atoms with Gasteiger partial charge in [-0.1, -0.05) is 20.8 Å². The summed E-state index contributed by atoms with van der Waals surface area (Å²) >= 11 is 2.23. The van der Waals surface area contributed by atoms with Gasteiger partial charge in [0.1, 0.15) is 11.6 Å². The zero-order valence-corrected chi connectivity index (χ0v) is 12.6. The van der Waals surface area contributed by atoms with Crippen molar-refractivity contribution in [2.45, 2.75) is 38.5 Å². The molecule has 0 bridgehead atoms. The van der Waals surface area contributed by atoms with E-state index in [9.17, 15) is 0 Å². The number of nitrogens with zero attached hydrogens (tertiary/aromatic N) is 2. The van der Waals surface area contributed by atoms with E-state index >= 15 is 0 Å². The van der Waals surface area contributed by atoms with Crippen LogP contribution >= 0.6 is 22.6 Å². The van der Waals surface area contributed by atoms with Gasteiger partial charge in [0, 0.05) is 17.9 Å². The minimum atomic E-state index is -0.0121. The second-order valence-corrected chi connectivity index (χ2v) is 6.52. The lowest BCUT2D eigenvalue weighted by Gasteiger charge is -2.21. The fourth-order valence-corrected chi connectivity index (χ4v) is 2.95. The van der Waals surface area contributed by atoms with Crippen LogP contribution in [0.1, 0.15) is 44.6 Å². The Morgan fingerprint density at radius 2 is 2.06 bits per heavy atom. The predicted octanol–water partition coefficient (Wildman–Crippen LogP) is 2.46.